The zero-order valence-corrected chi connectivity index (χ0v) is 19.6. The van der Waals surface area contributed by atoms with Gasteiger partial charge < -0.3 is 36.6 Å². The molecule has 0 heterocycles. The van der Waals surface area contributed by atoms with E-state index in [0.29, 0.717) is 12.1 Å². The summed E-state index contributed by atoms with van der Waals surface area (Å²) in [7, 11) is 4.79. The first-order valence-corrected chi connectivity index (χ1v) is 11.2. The van der Waals surface area contributed by atoms with E-state index in [2.05, 4.69) is 5.32 Å². The van der Waals surface area contributed by atoms with Crippen LogP contribution in [0.2, 0.25) is 0 Å². The summed E-state index contributed by atoms with van der Waals surface area (Å²) in [5, 5.41) is 57.9. The number of aliphatic hydroxyl groups is 4. The molecule has 188 valence electrons. The standard InChI is InChI=1S/C24H29N3O8/c1-26-7-9-4-5-13(29)14-10(9)6-11-12(8-28)17-18(27(2)3)20(31)16(23(25)34)22(33)24(17,35)21(32)15(11)19(14)30/h4-5,11-12,17-18,26,28-29,31-32,35H,6-8H2,1-3H3,(H2,25,34)/t11-,12+,17-,18-,24-/m0/s1. The lowest BCUT2D eigenvalue weighted by molar-refractivity contribution is -0.156. The number of aliphatic hydroxyl groups excluding tert-OH is 3. The molecule has 1 amide bonds. The smallest absolute Gasteiger partial charge is 0.255 e. The van der Waals surface area contributed by atoms with Gasteiger partial charge in [0.15, 0.2) is 11.4 Å². The number of likely N-dealkylation sites (N-methyl/N-ethyl adjacent to an activating group) is 1. The Morgan fingerprint density at radius 2 is 1.89 bits per heavy atom. The average molecular weight is 488 g/mol. The second-order valence-corrected chi connectivity index (χ2v) is 9.53. The molecule has 0 fully saturated rings. The molecule has 0 saturated heterocycles. The summed E-state index contributed by atoms with van der Waals surface area (Å²) in [4.78, 5) is 40.5. The maximum atomic E-state index is 13.7. The summed E-state index contributed by atoms with van der Waals surface area (Å²) in [6.07, 6.45) is 0.116. The monoisotopic (exact) mass is 487 g/mol. The van der Waals surface area contributed by atoms with Crippen LogP contribution in [0.3, 0.4) is 0 Å². The van der Waals surface area contributed by atoms with Crippen LogP contribution in [0.4, 0.5) is 0 Å². The van der Waals surface area contributed by atoms with Crippen molar-refractivity contribution in [3.8, 4) is 5.75 Å². The van der Waals surface area contributed by atoms with E-state index in [-0.39, 0.29) is 23.3 Å². The lowest BCUT2D eigenvalue weighted by Crippen LogP contribution is -2.67. The van der Waals surface area contributed by atoms with E-state index in [1.807, 2.05) is 0 Å². The molecule has 5 atom stereocenters. The summed E-state index contributed by atoms with van der Waals surface area (Å²) in [6, 6.07) is 1.84. The van der Waals surface area contributed by atoms with E-state index in [1.165, 1.54) is 25.1 Å². The molecule has 0 saturated carbocycles. The summed E-state index contributed by atoms with van der Waals surface area (Å²) in [6.45, 7) is -0.219. The molecular weight excluding hydrogens is 458 g/mol. The fraction of sp³-hybridized carbons (Fsp3) is 0.458. The van der Waals surface area contributed by atoms with E-state index in [4.69, 9.17) is 5.73 Å². The number of carbonyl (C=O) groups excluding carboxylic acids is 3. The Labute approximate surface area is 201 Å². The molecule has 8 N–H and O–H groups in total. The zero-order chi connectivity index (χ0) is 26.0. The number of Topliss-reactive ketones (excluding diaryl/α,β-unsaturated/α-hetero) is 2. The van der Waals surface area contributed by atoms with Crippen LogP contribution in [0.15, 0.2) is 34.8 Å². The number of phenols is 1. The van der Waals surface area contributed by atoms with Crippen molar-refractivity contribution < 1.29 is 39.9 Å². The molecule has 0 radical (unpaired) electrons. The lowest BCUT2D eigenvalue weighted by atomic mass is 9.54. The van der Waals surface area contributed by atoms with Gasteiger partial charge in [-0.3, -0.25) is 19.3 Å². The van der Waals surface area contributed by atoms with Crippen molar-refractivity contribution in [3.05, 3.63) is 51.5 Å². The summed E-state index contributed by atoms with van der Waals surface area (Å²) in [5.41, 5.74) is 2.52. The van der Waals surface area contributed by atoms with Crippen LogP contribution in [0.1, 0.15) is 21.5 Å². The highest BCUT2D eigenvalue weighted by Crippen LogP contribution is 2.55. The summed E-state index contributed by atoms with van der Waals surface area (Å²) in [5.74, 6) is -8.55. The number of fused-ring (bicyclic) bond motifs is 3. The van der Waals surface area contributed by atoms with Crippen molar-refractivity contribution in [2.75, 3.05) is 27.7 Å². The van der Waals surface area contributed by atoms with Crippen LogP contribution in [0.25, 0.3) is 0 Å². The van der Waals surface area contributed by atoms with Crippen LogP contribution >= 0.6 is 0 Å². The Hall–Kier alpha value is -3.25. The fourth-order valence-corrected chi connectivity index (χ4v) is 6.11. The van der Waals surface area contributed by atoms with Crippen LogP contribution in [-0.2, 0) is 22.6 Å². The Bertz CT molecular complexity index is 1200. The minimum atomic E-state index is -2.81. The molecule has 0 aromatic heterocycles. The van der Waals surface area contributed by atoms with Crippen LogP contribution < -0.4 is 11.1 Å². The number of carbonyl (C=O) groups is 3. The third-order valence-electron chi connectivity index (χ3n) is 7.56. The first-order valence-electron chi connectivity index (χ1n) is 11.2. The number of primary amides is 1. The topological polar surface area (TPSA) is 194 Å². The Kier molecular flexibility index (Phi) is 6.00. The Morgan fingerprint density at radius 1 is 1.23 bits per heavy atom. The number of nitrogens with one attached hydrogen (secondary N) is 1. The van der Waals surface area contributed by atoms with Gasteiger partial charge in [0.25, 0.3) is 5.91 Å². The number of phenolic OH excluding ortho intramolecular Hbond substituents is 1. The molecule has 1 aromatic carbocycles. The number of nitrogens with zero attached hydrogens (tertiary/aromatic N) is 1. The number of allylic oxidation sites excluding steroid dienone is 1. The maximum absolute atomic E-state index is 13.7. The van der Waals surface area contributed by atoms with Gasteiger partial charge in [0, 0.05) is 30.6 Å². The second kappa shape index (κ2) is 8.45. The number of amides is 1. The molecule has 1 aromatic rings. The molecule has 35 heavy (non-hydrogen) atoms. The predicted octanol–water partition coefficient (Wildman–Crippen LogP) is -0.942. The summed E-state index contributed by atoms with van der Waals surface area (Å²) >= 11 is 0. The van der Waals surface area contributed by atoms with Gasteiger partial charge in [-0.2, -0.15) is 0 Å². The van der Waals surface area contributed by atoms with Gasteiger partial charge in [0.1, 0.15) is 22.8 Å². The van der Waals surface area contributed by atoms with Crippen molar-refractivity contribution in [3.63, 3.8) is 0 Å². The second-order valence-electron chi connectivity index (χ2n) is 9.53. The highest BCUT2D eigenvalue weighted by molar-refractivity contribution is 6.24. The van der Waals surface area contributed by atoms with Crippen molar-refractivity contribution in [1.82, 2.24) is 10.2 Å². The number of hydrogen-bond donors (Lipinski definition) is 7. The summed E-state index contributed by atoms with van der Waals surface area (Å²) < 4.78 is 0. The molecule has 0 unspecified atom stereocenters. The van der Waals surface area contributed by atoms with Gasteiger partial charge in [-0.1, -0.05) is 6.07 Å². The van der Waals surface area contributed by atoms with E-state index in [1.54, 1.807) is 13.1 Å². The molecular formula is C24H29N3O8. The predicted molar refractivity (Wildman–Crippen MR) is 122 cm³/mol. The largest absolute Gasteiger partial charge is 0.510 e. The molecule has 11 nitrogen and oxygen atoms in total. The van der Waals surface area contributed by atoms with Gasteiger partial charge in [-0.05, 0) is 50.7 Å². The van der Waals surface area contributed by atoms with Crippen molar-refractivity contribution in [1.29, 1.82) is 0 Å². The molecule has 3 aliphatic rings. The SMILES string of the molecule is CNCc1ccc(O)c2c1C[C@@H]1C(=C(O)[C@]3(O)C(=O)C(C(N)=O)=C(O)[C@@H](N(C)C)[C@@H]3[C@@H]1CO)C2=O. The van der Waals surface area contributed by atoms with Gasteiger partial charge in [0.05, 0.1) is 11.6 Å². The number of nitrogens with two attached hydrogens (primary N) is 1. The normalized spacial score (nSPS) is 30.3. The minimum absolute atomic E-state index is 0.0600. The fourth-order valence-electron chi connectivity index (χ4n) is 6.11. The van der Waals surface area contributed by atoms with Crippen molar-refractivity contribution >= 4 is 17.5 Å². The lowest BCUT2D eigenvalue weighted by Gasteiger charge is -2.53. The molecule has 0 spiro atoms. The van der Waals surface area contributed by atoms with Crippen molar-refractivity contribution in [2.45, 2.75) is 24.6 Å². The number of benzene rings is 1. The molecule has 3 aliphatic carbocycles. The quantitative estimate of drug-likeness (QED) is 0.255. The van der Waals surface area contributed by atoms with E-state index < -0.39 is 70.6 Å². The number of ketones is 2. The third kappa shape index (κ3) is 3.23. The number of aromatic hydroxyl groups is 1. The Morgan fingerprint density at radius 3 is 2.43 bits per heavy atom. The van der Waals surface area contributed by atoms with E-state index in [9.17, 15) is 39.9 Å². The molecule has 4 rings (SSSR count). The molecule has 11 heteroatoms. The highest BCUT2D eigenvalue weighted by atomic mass is 16.3. The Balaban J connectivity index is 2.04. The van der Waals surface area contributed by atoms with Crippen LogP contribution in [0, 0.1) is 17.8 Å². The van der Waals surface area contributed by atoms with E-state index >= 15 is 0 Å². The first-order chi connectivity index (χ1) is 16.4. The maximum Gasteiger partial charge on any atom is 0.255 e. The van der Waals surface area contributed by atoms with Crippen LogP contribution in [-0.4, -0.2) is 87.3 Å². The average Bonchev–Trinajstić information content (AvgIpc) is 2.78. The van der Waals surface area contributed by atoms with Crippen molar-refractivity contribution in [2.24, 2.45) is 23.5 Å². The third-order valence-corrected chi connectivity index (χ3v) is 7.56. The highest BCUT2D eigenvalue weighted by Gasteiger charge is 2.66. The molecule has 0 bridgehead atoms. The van der Waals surface area contributed by atoms with E-state index in [0.717, 1.165) is 5.56 Å². The number of rotatable bonds is 5. The van der Waals surface area contributed by atoms with Gasteiger partial charge in [0.2, 0.25) is 5.78 Å². The van der Waals surface area contributed by atoms with Gasteiger partial charge >= 0.3 is 0 Å². The molecule has 0 aliphatic heterocycles. The first kappa shape index (κ1) is 24.9. The van der Waals surface area contributed by atoms with Gasteiger partial charge in [-0.25, -0.2) is 0 Å². The van der Waals surface area contributed by atoms with Crippen LogP contribution in [0.5, 0.6) is 5.75 Å². The number of hydrogen-bond acceptors (Lipinski definition) is 10. The van der Waals surface area contributed by atoms with Gasteiger partial charge in [-0.15, -0.1) is 0 Å². The zero-order valence-electron chi connectivity index (χ0n) is 19.6. The minimum Gasteiger partial charge on any atom is -0.510 e.